The van der Waals surface area contributed by atoms with Gasteiger partial charge in [-0.1, -0.05) is 35.8 Å². The number of rotatable bonds is 6. The van der Waals surface area contributed by atoms with Crippen molar-refractivity contribution in [3.05, 3.63) is 46.3 Å². The number of para-hydroxylation sites is 1. The summed E-state index contributed by atoms with van der Waals surface area (Å²) < 4.78 is 10.8. The first-order valence-corrected chi connectivity index (χ1v) is 7.06. The minimum absolute atomic E-state index is 0.102. The van der Waals surface area contributed by atoms with E-state index in [2.05, 4.69) is 12.1 Å². The van der Waals surface area contributed by atoms with Crippen molar-refractivity contribution >= 4 is 11.6 Å². The molecule has 0 saturated carbocycles. The van der Waals surface area contributed by atoms with Crippen LogP contribution in [-0.2, 0) is 13.0 Å². The standard InChI is InChI=1S/C15H19ClN2O2/c1-3-12(17)8-11-5-4-6-14(16)15(11)19-9-13-7-10(2)20-18-13/h4-7,12H,3,8-9,17H2,1-2H3. The van der Waals surface area contributed by atoms with Gasteiger partial charge in [0.05, 0.1) is 5.02 Å². The van der Waals surface area contributed by atoms with Crippen LogP contribution in [0.5, 0.6) is 5.75 Å². The van der Waals surface area contributed by atoms with E-state index < -0.39 is 0 Å². The van der Waals surface area contributed by atoms with E-state index in [1.807, 2.05) is 31.2 Å². The SMILES string of the molecule is CCC(N)Cc1cccc(Cl)c1OCc1cc(C)on1. The minimum atomic E-state index is 0.102. The molecule has 1 aromatic heterocycles. The van der Waals surface area contributed by atoms with Crippen molar-refractivity contribution in [2.45, 2.75) is 39.3 Å². The Morgan fingerprint density at radius 3 is 2.90 bits per heavy atom. The second-order valence-electron chi connectivity index (χ2n) is 4.82. The van der Waals surface area contributed by atoms with Crippen LogP contribution in [0.1, 0.15) is 30.4 Å². The Kier molecular flexibility index (Phi) is 5.04. The zero-order chi connectivity index (χ0) is 14.5. The molecule has 0 radical (unpaired) electrons. The van der Waals surface area contributed by atoms with E-state index in [-0.39, 0.29) is 6.04 Å². The van der Waals surface area contributed by atoms with Crippen LogP contribution < -0.4 is 10.5 Å². The predicted octanol–water partition coefficient (Wildman–Crippen LogP) is 3.50. The number of ether oxygens (including phenoxy) is 1. The van der Waals surface area contributed by atoms with Crippen molar-refractivity contribution in [3.8, 4) is 5.75 Å². The molecule has 1 heterocycles. The highest BCUT2D eigenvalue weighted by Crippen LogP contribution is 2.30. The van der Waals surface area contributed by atoms with Crippen LogP contribution in [0.25, 0.3) is 0 Å². The molecule has 5 heteroatoms. The molecule has 0 amide bonds. The second-order valence-corrected chi connectivity index (χ2v) is 5.23. The van der Waals surface area contributed by atoms with Gasteiger partial charge in [-0.3, -0.25) is 0 Å². The fraction of sp³-hybridized carbons (Fsp3) is 0.400. The first-order chi connectivity index (χ1) is 9.60. The van der Waals surface area contributed by atoms with Crippen LogP contribution in [0.15, 0.2) is 28.8 Å². The molecule has 0 saturated heterocycles. The third-order valence-corrected chi connectivity index (χ3v) is 3.39. The summed E-state index contributed by atoms with van der Waals surface area (Å²) in [6.07, 6.45) is 1.65. The Bertz CT molecular complexity index is 569. The van der Waals surface area contributed by atoms with Crippen molar-refractivity contribution in [1.29, 1.82) is 0 Å². The van der Waals surface area contributed by atoms with Gasteiger partial charge >= 0.3 is 0 Å². The molecule has 2 rings (SSSR count). The van der Waals surface area contributed by atoms with Crippen LogP contribution >= 0.6 is 11.6 Å². The molecular weight excluding hydrogens is 276 g/mol. The van der Waals surface area contributed by atoms with Crippen LogP contribution in [0, 0.1) is 6.92 Å². The number of hydrogen-bond acceptors (Lipinski definition) is 4. The molecular formula is C15H19ClN2O2. The van der Waals surface area contributed by atoms with E-state index in [4.69, 9.17) is 26.6 Å². The molecule has 0 bridgehead atoms. The van der Waals surface area contributed by atoms with Crippen molar-refractivity contribution in [3.63, 3.8) is 0 Å². The predicted molar refractivity (Wildman–Crippen MR) is 79.0 cm³/mol. The highest BCUT2D eigenvalue weighted by molar-refractivity contribution is 6.32. The second kappa shape index (κ2) is 6.77. The molecule has 0 aliphatic heterocycles. The summed E-state index contributed by atoms with van der Waals surface area (Å²) >= 11 is 6.22. The quantitative estimate of drug-likeness (QED) is 0.886. The zero-order valence-electron chi connectivity index (χ0n) is 11.7. The number of halogens is 1. The van der Waals surface area contributed by atoms with Crippen LogP contribution in [0.4, 0.5) is 0 Å². The molecule has 20 heavy (non-hydrogen) atoms. The minimum Gasteiger partial charge on any atom is -0.485 e. The van der Waals surface area contributed by atoms with Crippen LogP contribution in [-0.4, -0.2) is 11.2 Å². The summed E-state index contributed by atoms with van der Waals surface area (Å²) in [6, 6.07) is 7.66. The molecule has 2 aromatic rings. The van der Waals surface area contributed by atoms with Gasteiger partial charge in [-0.15, -0.1) is 0 Å². The smallest absolute Gasteiger partial charge is 0.141 e. The van der Waals surface area contributed by atoms with Gasteiger partial charge in [0, 0.05) is 12.1 Å². The van der Waals surface area contributed by atoms with E-state index in [1.165, 1.54) is 0 Å². The highest BCUT2D eigenvalue weighted by atomic mass is 35.5. The summed E-state index contributed by atoms with van der Waals surface area (Å²) in [5, 5.41) is 4.49. The fourth-order valence-corrected chi connectivity index (χ4v) is 2.18. The molecule has 0 fully saturated rings. The van der Waals surface area contributed by atoms with Crippen molar-refractivity contribution in [1.82, 2.24) is 5.16 Å². The molecule has 4 nitrogen and oxygen atoms in total. The molecule has 2 N–H and O–H groups in total. The monoisotopic (exact) mass is 294 g/mol. The third-order valence-electron chi connectivity index (χ3n) is 3.10. The maximum Gasteiger partial charge on any atom is 0.141 e. The van der Waals surface area contributed by atoms with Gasteiger partial charge in [-0.25, -0.2) is 0 Å². The number of benzene rings is 1. The van der Waals surface area contributed by atoms with Crippen molar-refractivity contribution in [2.24, 2.45) is 5.73 Å². The van der Waals surface area contributed by atoms with Crippen molar-refractivity contribution < 1.29 is 9.26 Å². The van der Waals surface area contributed by atoms with E-state index in [0.717, 1.165) is 29.9 Å². The van der Waals surface area contributed by atoms with Crippen LogP contribution in [0.3, 0.4) is 0 Å². The molecule has 0 spiro atoms. The summed E-state index contributed by atoms with van der Waals surface area (Å²) in [6.45, 7) is 4.24. The normalized spacial score (nSPS) is 12.4. The summed E-state index contributed by atoms with van der Waals surface area (Å²) in [7, 11) is 0. The first-order valence-electron chi connectivity index (χ1n) is 6.68. The maximum absolute atomic E-state index is 6.22. The molecule has 0 aliphatic rings. The fourth-order valence-electron chi connectivity index (χ4n) is 1.93. The number of nitrogens with two attached hydrogens (primary N) is 1. The van der Waals surface area contributed by atoms with Gasteiger partial charge in [0.15, 0.2) is 0 Å². The Morgan fingerprint density at radius 2 is 2.25 bits per heavy atom. The van der Waals surface area contributed by atoms with Gasteiger partial charge in [0.25, 0.3) is 0 Å². The first kappa shape index (κ1) is 14.9. The molecule has 0 aliphatic carbocycles. The number of nitrogens with zero attached hydrogens (tertiary/aromatic N) is 1. The molecule has 108 valence electrons. The summed E-state index contributed by atoms with van der Waals surface area (Å²) in [4.78, 5) is 0. The average Bonchev–Trinajstić information content (AvgIpc) is 2.83. The summed E-state index contributed by atoms with van der Waals surface area (Å²) in [5.41, 5.74) is 7.77. The molecule has 1 unspecified atom stereocenters. The number of hydrogen-bond donors (Lipinski definition) is 1. The van der Waals surface area contributed by atoms with Gasteiger partial charge < -0.3 is 15.0 Å². The lowest BCUT2D eigenvalue weighted by Crippen LogP contribution is -2.21. The largest absolute Gasteiger partial charge is 0.485 e. The Morgan fingerprint density at radius 1 is 1.45 bits per heavy atom. The van der Waals surface area contributed by atoms with E-state index >= 15 is 0 Å². The Hall–Kier alpha value is -1.52. The summed E-state index contributed by atoms with van der Waals surface area (Å²) in [5.74, 6) is 1.44. The van der Waals surface area contributed by atoms with Gasteiger partial charge in [-0.2, -0.15) is 0 Å². The zero-order valence-corrected chi connectivity index (χ0v) is 12.5. The Labute approximate surface area is 123 Å². The number of aryl methyl sites for hydroxylation is 1. The number of aromatic nitrogens is 1. The lowest BCUT2D eigenvalue weighted by molar-refractivity contribution is 0.285. The average molecular weight is 295 g/mol. The van der Waals surface area contributed by atoms with Crippen molar-refractivity contribution in [2.75, 3.05) is 0 Å². The highest BCUT2D eigenvalue weighted by Gasteiger charge is 2.12. The van der Waals surface area contributed by atoms with Gasteiger partial charge in [0.1, 0.15) is 23.8 Å². The third kappa shape index (κ3) is 3.74. The van der Waals surface area contributed by atoms with E-state index in [0.29, 0.717) is 17.4 Å². The lowest BCUT2D eigenvalue weighted by atomic mass is 10.0. The lowest BCUT2D eigenvalue weighted by Gasteiger charge is -2.15. The van der Waals surface area contributed by atoms with E-state index in [9.17, 15) is 0 Å². The Balaban J connectivity index is 2.12. The topological polar surface area (TPSA) is 61.3 Å². The molecule has 1 aromatic carbocycles. The molecule has 1 atom stereocenters. The van der Waals surface area contributed by atoms with E-state index in [1.54, 1.807) is 0 Å². The van der Waals surface area contributed by atoms with Gasteiger partial charge in [-0.05, 0) is 31.4 Å². The van der Waals surface area contributed by atoms with Gasteiger partial charge in [0.2, 0.25) is 0 Å². The van der Waals surface area contributed by atoms with Crippen LogP contribution in [0.2, 0.25) is 5.02 Å². The maximum atomic E-state index is 6.22.